The van der Waals surface area contributed by atoms with E-state index in [2.05, 4.69) is 33.6 Å². The first-order valence-electron chi connectivity index (χ1n) is 12.9. The number of fused-ring (bicyclic) bond motifs is 1. The molecule has 13 heteroatoms. The Morgan fingerprint density at radius 2 is 1.51 bits per heavy atom. The lowest BCUT2D eigenvalue weighted by Crippen LogP contribution is -2.57. The average Bonchev–Trinajstić information content (AvgIpc) is 3.34. The van der Waals surface area contributed by atoms with Crippen LogP contribution in [0.1, 0.15) is 30.4 Å². The number of nitrogens with one attached hydrogen (secondary N) is 4. The van der Waals surface area contributed by atoms with Crippen LogP contribution in [-0.2, 0) is 36.8 Å². The summed E-state index contributed by atoms with van der Waals surface area (Å²) in [6.45, 7) is 0. The minimum atomic E-state index is -1.48. The number of hydrogen-bond donors (Lipinski definition) is 8. The number of phenols is 1. The van der Waals surface area contributed by atoms with Crippen LogP contribution in [0.5, 0.6) is 5.75 Å². The summed E-state index contributed by atoms with van der Waals surface area (Å²) in [5.41, 5.74) is 2.52. The van der Waals surface area contributed by atoms with Gasteiger partial charge in [0.2, 0.25) is 17.7 Å². The van der Waals surface area contributed by atoms with Crippen molar-refractivity contribution in [3.05, 3.63) is 65.9 Å². The number of benzene rings is 2. The standard InChI is InChI=1S/C28H32N4O8S/c33-18-10-8-16(9-11-18)12-21(26(37)32-23(15-41)28(39)40)31-27(38)22(13-25(35)36)30-24(34)7-3-4-17-14-29-20-6-2-1-5-19(17)20/h1-2,5-6,8-11,14,21-23,29,33,41H,3-4,7,12-13,15H2,(H,30,34)(H,31,38)(H,32,37)(H,35,36)(H,39,40)/t21-,22-,23-/m0/s1. The van der Waals surface area contributed by atoms with Gasteiger partial charge in [-0.3, -0.25) is 19.2 Å². The van der Waals surface area contributed by atoms with Crippen LogP contribution >= 0.6 is 12.6 Å². The molecule has 0 aliphatic rings. The van der Waals surface area contributed by atoms with Crippen LogP contribution in [0.15, 0.2) is 54.7 Å². The second-order valence-corrected chi connectivity index (χ2v) is 9.81. The number of carboxylic acids is 2. The molecular formula is C28H32N4O8S. The molecule has 1 aromatic heterocycles. The number of amides is 3. The summed E-state index contributed by atoms with van der Waals surface area (Å²) in [6, 6.07) is 9.38. The van der Waals surface area contributed by atoms with Gasteiger partial charge in [-0.25, -0.2) is 4.79 Å². The number of carbonyl (C=O) groups is 5. The number of rotatable bonds is 15. The number of hydrogen-bond acceptors (Lipinski definition) is 7. The largest absolute Gasteiger partial charge is 0.508 e. The summed E-state index contributed by atoms with van der Waals surface area (Å²) in [5.74, 6) is -5.20. The van der Waals surface area contributed by atoms with Crippen molar-refractivity contribution in [2.24, 2.45) is 0 Å². The van der Waals surface area contributed by atoms with Gasteiger partial charge in [-0.2, -0.15) is 12.6 Å². The maximum atomic E-state index is 13.1. The van der Waals surface area contributed by atoms with Gasteiger partial charge in [0.05, 0.1) is 6.42 Å². The Bertz CT molecular complexity index is 1390. The quantitative estimate of drug-likeness (QED) is 0.123. The summed E-state index contributed by atoms with van der Waals surface area (Å²) in [5, 5.41) is 36.4. The molecule has 0 saturated heterocycles. The van der Waals surface area contributed by atoms with Crippen molar-refractivity contribution in [1.82, 2.24) is 20.9 Å². The number of aryl methyl sites for hydroxylation is 1. The molecule has 218 valence electrons. The van der Waals surface area contributed by atoms with E-state index < -0.39 is 54.2 Å². The third-order valence-electron chi connectivity index (χ3n) is 6.36. The van der Waals surface area contributed by atoms with Crippen LogP contribution in [0.4, 0.5) is 0 Å². The van der Waals surface area contributed by atoms with Gasteiger partial charge in [0.25, 0.3) is 0 Å². The Kier molecular flexibility index (Phi) is 11.2. The van der Waals surface area contributed by atoms with Gasteiger partial charge < -0.3 is 36.3 Å². The van der Waals surface area contributed by atoms with Gasteiger partial charge in [0, 0.05) is 35.7 Å². The molecule has 3 amide bonds. The highest BCUT2D eigenvalue weighted by molar-refractivity contribution is 7.80. The highest BCUT2D eigenvalue weighted by Crippen LogP contribution is 2.19. The normalized spacial score (nSPS) is 13.1. The predicted molar refractivity (Wildman–Crippen MR) is 153 cm³/mol. The van der Waals surface area contributed by atoms with E-state index in [0.717, 1.165) is 16.5 Å². The summed E-state index contributed by atoms with van der Waals surface area (Å²) in [4.78, 5) is 64.8. The Balaban J connectivity index is 1.67. The molecule has 2 aromatic carbocycles. The van der Waals surface area contributed by atoms with Gasteiger partial charge in [-0.05, 0) is 42.2 Å². The van der Waals surface area contributed by atoms with Crippen LogP contribution in [-0.4, -0.2) is 73.8 Å². The Morgan fingerprint density at radius 1 is 0.854 bits per heavy atom. The average molecular weight is 585 g/mol. The molecule has 0 aliphatic heterocycles. The lowest BCUT2D eigenvalue weighted by atomic mass is 10.0. The molecule has 1 heterocycles. The van der Waals surface area contributed by atoms with Crippen LogP contribution in [0.3, 0.4) is 0 Å². The number of aliphatic carboxylic acids is 2. The SMILES string of the molecule is O=C(O)C[C@H](NC(=O)CCCc1c[nH]c2ccccc12)C(=O)N[C@@H](Cc1ccc(O)cc1)C(=O)N[C@@H](CS)C(=O)O. The second-order valence-electron chi connectivity index (χ2n) is 9.44. The Labute approximate surface area is 240 Å². The predicted octanol–water partition coefficient (Wildman–Crippen LogP) is 1.38. The van der Waals surface area contributed by atoms with Gasteiger partial charge >= 0.3 is 11.9 Å². The third kappa shape index (κ3) is 9.28. The molecule has 12 nitrogen and oxygen atoms in total. The van der Waals surface area contributed by atoms with Crippen molar-refractivity contribution in [2.75, 3.05) is 5.75 Å². The van der Waals surface area contributed by atoms with Crippen molar-refractivity contribution < 1.29 is 39.3 Å². The minimum absolute atomic E-state index is 0.0197. The fraction of sp³-hybridized carbons (Fsp3) is 0.321. The summed E-state index contributed by atoms with van der Waals surface area (Å²) < 4.78 is 0. The first-order chi connectivity index (χ1) is 19.6. The summed E-state index contributed by atoms with van der Waals surface area (Å²) in [7, 11) is 0. The highest BCUT2D eigenvalue weighted by atomic mass is 32.1. The number of carboxylic acid groups (broad SMARTS) is 2. The van der Waals surface area contributed by atoms with Crippen LogP contribution in [0.25, 0.3) is 10.9 Å². The molecule has 3 rings (SSSR count). The number of thiol groups is 1. The first-order valence-corrected chi connectivity index (χ1v) is 13.5. The number of aromatic hydroxyl groups is 1. The second kappa shape index (κ2) is 14.7. The molecule has 3 aromatic rings. The maximum absolute atomic E-state index is 13.1. The lowest BCUT2D eigenvalue weighted by molar-refractivity contribution is -0.142. The number of aromatic nitrogens is 1. The molecule has 0 aliphatic carbocycles. The number of phenolic OH excluding ortho intramolecular Hbond substituents is 1. The molecule has 0 radical (unpaired) electrons. The van der Waals surface area contributed by atoms with Gasteiger partial charge in [0.15, 0.2) is 0 Å². The number of carbonyl (C=O) groups excluding carboxylic acids is 3. The lowest BCUT2D eigenvalue weighted by Gasteiger charge is -2.24. The van der Waals surface area contributed by atoms with Crippen molar-refractivity contribution in [2.45, 2.75) is 50.2 Å². The number of H-pyrrole nitrogens is 1. The number of para-hydroxylation sites is 1. The fourth-order valence-corrected chi connectivity index (χ4v) is 4.48. The Morgan fingerprint density at radius 3 is 2.17 bits per heavy atom. The molecule has 0 unspecified atom stereocenters. The molecular weight excluding hydrogens is 552 g/mol. The van der Waals surface area contributed by atoms with Crippen molar-refractivity contribution in [3.8, 4) is 5.75 Å². The zero-order chi connectivity index (χ0) is 29.9. The van der Waals surface area contributed by atoms with Crippen LogP contribution < -0.4 is 16.0 Å². The van der Waals surface area contributed by atoms with E-state index in [1.54, 1.807) is 0 Å². The zero-order valence-corrected chi connectivity index (χ0v) is 22.9. The van der Waals surface area contributed by atoms with E-state index in [9.17, 15) is 39.3 Å². The maximum Gasteiger partial charge on any atom is 0.327 e. The van der Waals surface area contributed by atoms with E-state index in [4.69, 9.17) is 0 Å². The first kappa shape index (κ1) is 31.0. The van der Waals surface area contributed by atoms with E-state index in [0.29, 0.717) is 18.4 Å². The molecule has 0 fully saturated rings. The van der Waals surface area contributed by atoms with Gasteiger partial charge in [-0.1, -0.05) is 30.3 Å². The van der Waals surface area contributed by atoms with Gasteiger partial charge in [-0.15, -0.1) is 0 Å². The topological polar surface area (TPSA) is 198 Å². The van der Waals surface area contributed by atoms with E-state index in [1.807, 2.05) is 30.5 Å². The zero-order valence-electron chi connectivity index (χ0n) is 22.0. The third-order valence-corrected chi connectivity index (χ3v) is 6.73. The smallest absolute Gasteiger partial charge is 0.327 e. The van der Waals surface area contributed by atoms with Gasteiger partial charge in [0.1, 0.15) is 23.9 Å². The molecule has 0 spiro atoms. The summed E-state index contributed by atoms with van der Waals surface area (Å²) >= 11 is 3.93. The molecule has 3 atom stereocenters. The van der Waals surface area contributed by atoms with Crippen molar-refractivity contribution in [1.29, 1.82) is 0 Å². The van der Waals surface area contributed by atoms with Crippen LogP contribution in [0, 0.1) is 0 Å². The van der Waals surface area contributed by atoms with E-state index >= 15 is 0 Å². The monoisotopic (exact) mass is 584 g/mol. The molecule has 0 bridgehead atoms. The minimum Gasteiger partial charge on any atom is -0.508 e. The van der Waals surface area contributed by atoms with Crippen molar-refractivity contribution in [3.63, 3.8) is 0 Å². The van der Waals surface area contributed by atoms with E-state index in [-0.39, 0.29) is 24.3 Å². The number of aromatic amines is 1. The molecule has 41 heavy (non-hydrogen) atoms. The summed E-state index contributed by atoms with van der Waals surface area (Å²) in [6.07, 6.45) is 2.09. The van der Waals surface area contributed by atoms with E-state index in [1.165, 1.54) is 24.3 Å². The fourth-order valence-electron chi connectivity index (χ4n) is 4.24. The highest BCUT2D eigenvalue weighted by Gasteiger charge is 2.30. The van der Waals surface area contributed by atoms with Crippen LogP contribution in [0.2, 0.25) is 0 Å². The Hall–Kier alpha value is -4.52. The molecule has 0 saturated carbocycles. The van der Waals surface area contributed by atoms with Crippen molar-refractivity contribution >= 4 is 53.2 Å². The molecule has 7 N–H and O–H groups in total.